The lowest BCUT2D eigenvalue weighted by Crippen LogP contribution is -1.94. The summed E-state index contributed by atoms with van der Waals surface area (Å²) in [6, 6.07) is 7.00. The number of esters is 1. The van der Waals surface area contributed by atoms with Gasteiger partial charge in [0.1, 0.15) is 0 Å². The van der Waals surface area contributed by atoms with Gasteiger partial charge in [-0.3, -0.25) is 4.79 Å². The fourth-order valence-electron chi connectivity index (χ4n) is 0.996. The van der Waals surface area contributed by atoms with Crippen LogP contribution < -0.4 is 0 Å². The molecular weight excluding hydrogens is 180 g/mol. The molecule has 3 nitrogen and oxygen atoms in total. The predicted molar refractivity (Wildman–Crippen MR) is 52.9 cm³/mol. The molecule has 3 heteroatoms. The molecule has 1 rings (SSSR count). The second kappa shape index (κ2) is 4.97. The Kier molecular flexibility index (Phi) is 3.61. The summed E-state index contributed by atoms with van der Waals surface area (Å²) in [6.45, 7) is 0. The van der Waals surface area contributed by atoms with Gasteiger partial charge < -0.3 is 4.74 Å². The molecule has 0 N–H and O–H groups in total. The van der Waals surface area contributed by atoms with Crippen molar-refractivity contribution in [2.75, 3.05) is 7.11 Å². The molecule has 0 heterocycles. The molecule has 72 valence electrons. The van der Waals surface area contributed by atoms with Gasteiger partial charge in [-0.25, -0.2) is 4.79 Å². The van der Waals surface area contributed by atoms with Crippen LogP contribution in [-0.4, -0.2) is 19.4 Å². The molecule has 0 aromatic heterocycles. The van der Waals surface area contributed by atoms with Crippen molar-refractivity contribution in [1.82, 2.24) is 0 Å². The van der Waals surface area contributed by atoms with E-state index in [-0.39, 0.29) is 0 Å². The fraction of sp³-hybridized carbons (Fsp3) is 0.0909. The van der Waals surface area contributed by atoms with Gasteiger partial charge in [-0.05, 0) is 11.6 Å². The Morgan fingerprint density at radius 1 is 1.29 bits per heavy atom. The van der Waals surface area contributed by atoms with Crippen molar-refractivity contribution in [2.24, 2.45) is 0 Å². The van der Waals surface area contributed by atoms with E-state index in [2.05, 4.69) is 4.74 Å². The van der Waals surface area contributed by atoms with Crippen LogP contribution in [0.15, 0.2) is 30.3 Å². The SMILES string of the molecule is COC(=O)C=Cc1ccccc1C=O. The Hall–Kier alpha value is -1.90. The van der Waals surface area contributed by atoms with E-state index < -0.39 is 5.97 Å². The number of ether oxygens (including phenoxy) is 1. The maximum atomic E-state index is 10.8. The van der Waals surface area contributed by atoms with E-state index in [9.17, 15) is 9.59 Å². The Morgan fingerprint density at radius 3 is 2.50 bits per heavy atom. The largest absolute Gasteiger partial charge is 0.466 e. The van der Waals surface area contributed by atoms with Gasteiger partial charge in [-0.15, -0.1) is 0 Å². The highest BCUT2D eigenvalue weighted by Gasteiger charge is 1.97. The van der Waals surface area contributed by atoms with Crippen LogP contribution in [0.4, 0.5) is 0 Å². The molecular formula is C11H10O3. The smallest absolute Gasteiger partial charge is 0.330 e. The zero-order chi connectivity index (χ0) is 10.4. The average Bonchev–Trinajstić information content (AvgIpc) is 2.26. The summed E-state index contributed by atoms with van der Waals surface area (Å²) < 4.78 is 4.43. The van der Waals surface area contributed by atoms with Gasteiger partial charge in [0.15, 0.2) is 6.29 Å². The monoisotopic (exact) mass is 190 g/mol. The number of carbonyl (C=O) groups is 2. The summed E-state index contributed by atoms with van der Waals surface area (Å²) >= 11 is 0. The fourth-order valence-corrected chi connectivity index (χ4v) is 0.996. The third-order valence-electron chi connectivity index (χ3n) is 1.72. The summed E-state index contributed by atoms with van der Waals surface area (Å²) in [5, 5.41) is 0. The molecule has 0 atom stereocenters. The van der Waals surface area contributed by atoms with Crippen molar-refractivity contribution >= 4 is 18.3 Å². The van der Waals surface area contributed by atoms with Crippen molar-refractivity contribution in [3.63, 3.8) is 0 Å². The van der Waals surface area contributed by atoms with E-state index in [0.717, 1.165) is 6.29 Å². The lowest BCUT2D eigenvalue weighted by molar-refractivity contribution is -0.134. The standard InChI is InChI=1S/C11H10O3/c1-14-11(13)7-6-9-4-2-3-5-10(9)8-12/h2-8H,1H3. The van der Waals surface area contributed by atoms with E-state index in [1.165, 1.54) is 13.2 Å². The minimum Gasteiger partial charge on any atom is -0.466 e. The number of aldehydes is 1. The third-order valence-corrected chi connectivity index (χ3v) is 1.72. The lowest BCUT2D eigenvalue weighted by atomic mass is 10.1. The van der Waals surface area contributed by atoms with Crippen molar-refractivity contribution in [3.05, 3.63) is 41.5 Å². The van der Waals surface area contributed by atoms with Crippen molar-refractivity contribution in [1.29, 1.82) is 0 Å². The summed E-state index contributed by atoms with van der Waals surface area (Å²) in [6.07, 6.45) is 3.58. The minimum absolute atomic E-state index is 0.439. The molecule has 0 radical (unpaired) electrons. The zero-order valence-electron chi connectivity index (χ0n) is 7.77. The van der Waals surface area contributed by atoms with Crippen LogP contribution in [0, 0.1) is 0 Å². The minimum atomic E-state index is -0.439. The second-order valence-electron chi connectivity index (χ2n) is 2.60. The van der Waals surface area contributed by atoms with Crippen LogP contribution in [0.3, 0.4) is 0 Å². The lowest BCUT2D eigenvalue weighted by Gasteiger charge is -1.96. The van der Waals surface area contributed by atoms with Crippen LogP contribution in [-0.2, 0) is 9.53 Å². The first-order valence-corrected chi connectivity index (χ1v) is 4.08. The molecule has 0 unspecified atom stereocenters. The normalized spacial score (nSPS) is 10.1. The Morgan fingerprint density at radius 2 is 1.93 bits per heavy atom. The molecule has 0 aliphatic carbocycles. The molecule has 0 aliphatic rings. The predicted octanol–water partition coefficient (Wildman–Crippen LogP) is 1.69. The summed E-state index contributed by atoms with van der Waals surface area (Å²) in [7, 11) is 1.30. The van der Waals surface area contributed by atoms with Gasteiger partial charge in [0.05, 0.1) is 7.11 Å². The van der Waals surface area contributed by atoms with E-state index in [1.807, 2.05) is 0 Å². The molecule has 0 bridgehead atoms. The maximum absolute atomic E-state index is 10.8. The third kappa shape index (κ3) is 2.55. The maximum Gasteiger partial charge on any atom is 0.330 e. The van der Waals surface area contributed by atoms with Gasteiger partial charge in [-0.2, -0.15) is 0 Å². The van der Waals surface area contributed by atoms with E-state index in [1.54, 1.807) is 30.3 Å². The Bertz CT molecular complexity index is 367. The topological polar surface area (TPSA) is 43.4 Å². The Labute approximate surface area is 82.0 Å². The van der Waals surface area contributed by atoms with E-state index >= 15 is 0 Å². The molecule has 0 fully saturated rings. The number of methoxy groups -OCH3 is 1. The number of benzene rings is 1. The first-order chi connectivity index (χ1) is 6.77. The highest BCUT2D eigenvalue weighted by molar-refractivity contribution is 5.90. The van der Waals surface area contributed by atoms with Gasteiger partial charge >= 0.3 is 5.97 Å². The number of hydrogen-bond donors (Lipinski definition) is 0. The van der Waals surface area contributed by atoms with E-state index in [0.29, 0.717) is 11.1 Å². The molecule has 1 aromatic carbocycles. The van der Waals surface area contributed by atoms with Gasteiger partial charge in [-0.1, -0.05) is 24.3 Å². The van der Waals surface area contributed by atoms with Crippen LogP contribution in [0.5, 0.6) is 0 Å². The van der Waals surface area contributed by atoms with Crippen molar-refractivity contribution in [3.8, 4) is 0 Å². The summed E-state index contributed by atoms with van der Waals surface area (Å²) in [4.78, 5) is 21.4. The van der Waals surface area contributed by atoms with E-state index in [4.69, 9.17) is 0 Å². The first kappa shape index (κ1) is 10.2. The molecule has 0 saturated carbocycles. The highest BCUT2D eigenvalue weighted by atomic mass is 16.5. The quantitative estimate of drug-likeness (QED) is 0.414. The number of hydrogen-bond acceptors (Lipinski definition) is 3. The van der Waals surface area contributed by atoms with Crippen molar-refractivity contribution < 1.29 is 14.3 Å². The second-order valence-corrected chi connectivity index (χ2v) is 2.60. The van der Waals surface area contributed by atoms with Crippen molar-refractivity contribution in [2.45, 2.75) is 0 Å². The summed E-state index contributed by atoms with van der Waals surface area (Å²) in [5.74, 6) is -0.439. The first-order valence-electron chi connectivity index (χ1n) is 4.08. The van der Waals surface area contributed by atoms with Crippen LogP contribution in [0.25, 0.3) is 6.08 Å². The molecule has 0 spiro atoms. The number of carbonyl (C=O) groups excluding carboxylic acids is 2. The highest BCUT2D eigenvalue weighted by Crippen LogP contribution is 2.07. The van der Waals surface area contributed by atoms with Gasteiger partial charge in [0.25, 0.3) is 0 Å². The van der Waals surface area contributed by atoms with Gasteiger partial charge in [0, 0.05) is 11.6 Å². The molecule has 0 saturated heterocycles. The molecule has 14 heavy (non-hydrogen) atoms. The van der Waals surface area contributed by atoms with Crippen LogP contribution in [0.2, 0.25) is 0 Å². The van der Waals surface area contributed by atoms with Gasteiger partial charge in [0.2, 0.25) is 0 Å². The van der Waals surface area contributed by atoms with Crippen LogP contribution >= 0.6 is 0 Å². The number of rotatable bonds is 3. The molecule has 1 aromatic rings. The zero-order valence-corrected chi connectivity index (χ0v) is 7.77. The van der Waals surface area contributed by atoms with Crippen LogP contribution in [0.1, 0.15) is 15.9 Å². The average molecular weight is 190 g/mol. The molecule has 0 aliphatic heterocycles. The molecule has 0 amide bonds. The Balaban J connectivity index is 2.90. The summed E-state index contributed by atoms with van der Waals surface area (Å²) in [5.41, 5.74) is 1.25.